The lowest BCUT2D eigenvalue weighted by molar-refractivity contribution is 0.559. The first-order valence-corrected chi connectivity index (χ1v) is 8.55. The maximum Gasteiger partial charge on any atom is 0.285 e. The van der Waals surface area contributed by atoms with Gasteiger partial charge in [-0.2, -0.15) is 5.10 Å². The van der Waals surface area contributed by atoms with Crippen molar-refractivity contribution >= 4 is 17.3 Å². The summed E-state index contributed by atoms with van der Waals surface area (Å²) in [5.41, 5.74) is 0.332. The molecule has 0 unspecified atom stereocenters. The molecule has 0 aliphatic carbocycles. The number of hydrogen-bond acceptors (Lipinski definition) is 5. The van der Waals surface area contributed by atoms with Crippen LogP contribution < -0.4 is 10.5 Å². The fourth-order valence-corrected chi connectivity index (χ4v) is 3.85. The van der Waals surface area contributed by atoms with E-state index in [4.69, 9.17) is 11.6 Å². The van der Waals surface area contributed by atoms with E-state index in [1.807, 2.05) is 0 Å². The van der Waals surface area contributed by atoms with Gasteiger partial charge in [0.05, 0.1) is 17.9 Å². The third-order valence-electron chi connectivity index (χ3n) is 4.78. The fraction of sp³-hybridized carbons (Fsp3) is 0.600. The van der Waals surface area contributed by atoms with Gasteiger partial charge in [0.25, 0.3) is 5.56 Å². The van der Waals surface area contributed by atoms with Crippen molar-refractivity contribution in [2.45, 2.75) is 51.1 Å². The maximum atomic E-state index is 11.8. The maximum absolute atomic E-state index is 11.8. The summed E-state index contributed by atoms with van der Waals surface area (Å²) in [5.74, 6) is 2.08. The average Bonchev–Trinajstić information content (AvgIpc) is 3.11. The molecule has 0 bridgehead atoms. The molecule has 0 spiro atoms. The quantitative estimate of drug-likeness (QED) is 0.909. The van der Waals surface area contributed by atoms with Crippen LogP contribution in [-0.2, 0) is 13.0 Å². The molecule has 1 fully saturated rings. The lowest BCUT2D eigenvalue weighted by atomic mass is 10.2. The highest BCUT2D eigenvalue weighted by Crippen LogP contribution is 2.37. The van der Waals surface area contributed by atoms with Crippen molar-refractivity contribution in [2.24, 2.45) is 0 Å². The number of rotatable bonds is 2. The van der Waals surface area contributed by atoms with Gasteiger partial charge < -0.3 is 9.47 Å². The summed E-state index contributed by atoms with van der Waals surface area (Å²) in [4.78, 5) is 13.9. The summed E-state index contributed by atoms with van der Waals surface area (Å²) >= 11 is 6.20. The molecule has 8 heteroatoms. The van der Waals surface area contributed by atoms with Crippen molar-refractivity contribution in [2.75, 3.05) is 11.4 Å². The summed E-state index contributed by atoms with van der Waals surface area (Å²) < 4.78 is 2.27. The van der Waals surface area contributed by atoms with Crippen LogP contribution in [0.2, 0.25) is 5.02 Å². The van der Waals surface area contributed by atoms with Gasteiger partial charge in [0.15, 0.2) is 5.82 Å². The second-order valence-electron chi connectivity index (χ2n) is 6.19. The number of nitrogens with zero attached hydrogens (tertiary/aromatic N) is 5. The first-order valence-electron chi connectivity index (χ1n) is 8.17. The molecule has 0 radical (unpaired) electrons. The number of fused-ring (bicyclic) bond motifs is 1. The van der Waals surface area contributed by atoms with E-state index < -0.39 is 0 Å². The number of aryl methyl sites for hydroxylation is 1. The SMILES string of the molecule is O=c1[nH]ncc(N2CCC[C@@H]2c2nnc3n2CCCCC3)c1Cl. The Morgan fingerprint density at radius 1 is 1.17 bits per heavy atom. The van der Waals surface area contributed by atoms with Crippen molar-refractivity contribution in [3.05, 3.63) is 33.2 Å². The van der Waals surface area contributed by atoms with Crippen LogP contribution in [0.3, 0.4) is 0 Å². The van der Waals surface area contributed by atoms with Gasteiger partial charge in [0.1, 0.15) is 10.8 Å². The zero-order valence-electron chi connectivity index (χ0n) is 12.8. The van der Waals surface area contributed by atoms with E-state index in [0.717, 1.165) is 50.4 Å². The van der Waals surface area contributed by atoms with Crippen LogP contribution in [0.15, 0.2) is 11.0 Å². The number of halogens is 1. The second-order valence-corrected chi connectivity index (χ2v) is 6.56. The minimum atomic E-state index is -0.352. The molecule has 0 saturated carbocycles. The molecule has 2 aliphatic rings. The molecule has 0 amide bonds. The molecular weight excluding hydrogens is 316 g/mol. The molecule has 2 aromatic rings. The lowest BCUT2D eigenvalue weighted by Crippen LogP contribution is -2.27. The van der Waals surface area contributed by atoms with Crippen molar-refractivity contribution in [1.29, 1.82) is 0 Å². The van der Waals surface area contributed by atoms with Gasteiger partial charge in [-0.25, -0.2) is 5.10 Å². The third kappa shape index (κ3) is 2.52. The van der Waals surface area contributed by atoms with Gasteiger partial charge in [0, 0.05) is 19.5 Å². The zero-order chi connectivity index (χ0) is 15.8. The van der Waals surface area contributed by atoms with E-state index in [2.05, 4.69) is 29.9 Å². The predicted molar refractivity (Wildman–Crippen MR) is 86.8 cm³/mol. The standard InChI is InChI=1S/C15H19ClN6O/c16-13-11(9-17-20-15(13)23)21-8-4-5-10(21)14-19-18-12-6-2-1-3-7-22(12)14/h9-10H,1-8H2,(H,20,23)/t10-/m1/s1. The van der Waals surface area contributed by atoms with Crippen LogP contribution in [0, 0.1) is 0 Å². The minimum Gasteiger partial charge on any atom is -0.359 e. The molecule has 1 saturated heterocycles. The molecule has 4 rings (SSSR count). The van der Waals surface area contributed by atoms with E-state index in [0.29, 0.717) is 5.69 Å². The van der Waals surface area contributed by atoms with Crippen molar-refractivity contribution in [1.82, 2.24) is 25.0 Å². The smallest absolute Gasteiger partial charge is 0.285 e. The summed E-state index contributed by atoms with van der Waals surface area (Å²) in [5, 5.41) is 15.3. The van der Waals surface area contributed by atoms with Gasteiger partial charge >= 0.3 is 0 Å². The molecule has 4 heterocycles. The first-order chi connectivity index (χ1) is 11.3. The Hall–Kier alpha value is -1.89. The van der Waals surface area contributed by atoms with E-state index in [1.165, 1.54) is 12.8 Å². The van der Waals surface area contributed by atoms with Gasteiger partial charge in [-0.05, 0) is 25.7 Å². The van der Waals surface area contributed by atoms with Crippen LogP contribution in [0.4, 0.5) is 5.69 Å². The third-order valence-corrected chi connectivity index (χ3v) is 5.14. The lowest BCUT2D eigenvalue weighted by Gasteiger charge is -2.26. The summed E-state index contributed by atoms with van der Waals surface area (Å²) in [7, 11) is 0. The van der Waals surface area contributed by atoms with Gasteiger partial charge in [-0.3, -0.25) is 4.79 Å². The number of H-pyrrole nitrogens is 1. The van der Waals surface area contributed by atoms with Crippen molar-refractivity contribution in [3.63, 3.8) is 0 Å². The minimum absolute atomic E-state index is 0.107. The fourth-order valence-electron chi connectivity index (χ4n) is 3.65. The summed E-state index contributed by atoms with van der Waals surface area (Å²) in [6.07, 6.45) is 8.22. The molecule has 0 aromatic carbocycles. The van der Waals surface area contributed by atoms with Crippen LogP contribution in [0.25, 0.3) is 0 Å². The predicted octanol–water partition coefficient (Wildman–Crippen LogP) is 2.08. The van der Waals surface area contributed by atoms with Crippen LogP contribution in [-0.4, -0.2) is 31.5 Å². The van der Waals surface area contributed by atoms with Gasteiger partial charge in [-0.1, -0.05) is 18.0 Å². The largest absolute Gasteiger partial charge is 0.359 e. The van der Waals surface area contributed by atoms with Crippen molar-refractivity contribution in [3.8, 4) is 0 Å². The van der Waals surface area contributed by atoms with Crippen LogP contribution >= 0.6 is 11.6 Å². The number of nitrogens with one attached hydrogen (secondary N) is 1. The second kappa shape index (κ2) is 5.96. The molecule has 23 heavy (non-hydrogen) atoms. The Kier molecular flexibility index (Phi) is 3.80. The van der Waals surface area contributed by atoms with Gasteiger partial charge in [-0.15, -0.1) is 10.2 Å². The Morgan fingerprint density at radius 3 is 3.00 bits per heavy atom. The van der Waals surface area contributed by atoms with Crippen LogP contribution in [0.1, 0.15) is 49.8 Å². The Morgan fingerprint density at radius 2 is 2.09 bits per heavy atom. The number of aromatic nitrogens is 5. The summed E-state index contributed by atoms with van der Waals surface area (Å²) in [6, 6.07) is 0.107. The number of anilines is 1. The molecule has 1 atom stereocenters. The molecule has 2 aliphatic heterocycles. The average molecular weight is 335 g/mol. The highest BCUT2D eigenvalue weighted by Gasteiger charge is 2.33. The monoisotopic (exact) mass is 334 g/mol. The van der Waals surface area contributed by atoms with Crippen LogP contribution in [0.5, 0.6) is 0 Å². The highest BCUT2D eigenvalue weighted by molar-refractivity contribution is 6.33. The molecular formula is C15H19ClN6O. The molecule has 7 nitrogen and oxygen atoms in total. The number of aromatic amines is 1. The number of hydrogen-bond donors (Lipinski definition) is 1. The summed E-state index contributed by atoms with van der Waals surface area (Å²) in [6.45, 7) is 1.82. The molecule has 1 N–H and O–H groups in total. The Labute approximate surface area is 138 Å². The van der Waals surface area contributed by atoms with Crippen molar-refractivity contribution < 1.29 is 0 Å². The Bertz CT molecular complexity index is 770. The topological polar surface area (TPSA) is 79.7 Å². The molecule has 122 valence electrons. The van der Waals surface area contributed by atoms with E-state index in [9.17, 15) is 4.79 Å². The van der Waals surface area contributed by atoms with Gasteiger partial charge in [0.2, 0.25) is 0 Å². The van der Waals surface area contributed by atoms with E-state index in [1.54, 1.807) is 6.20 Å². The van der Waals surface area contributed by atoms with E-state index in [-0.39, 0.29) is 16.6 Å². The normalized spacial score (nSPS) is 21.3. The zero-order valence-corrected chi connectivity index (χ0v) is 13.6. The highest BCUT2D eigenvalue weighted by atomic mass is 35.5. The Balaban J connectivity index is 1.73. The first kappa shape index (κ1) is 14.7. The molecule has 2 aromatic heterocycles. The van der Waals surface area contributed by atoms with E-state index >= 15 is 0 Å².